The van der Waals surface area contributed by atoms with Crippen LogP contribution in [0.5, 0.6) is 11.6 Å². The van der Waals surface area contributed by atoms with Crippen LogP contribution in [0.4, 0.5) is 0 Å². The zero-order chi connectivity index (χ0) is 22.1. The summed E-state index contributed by atoms with van der Waals surface area (Å²) in [6, 6.07) is 9.57. The fraction of sp³-hybridized carbons (Fsp3) is 0.182. The van der Waals surface area contributed by atoms with Crippen molar-refractivity contribution in [2.45, 2.75) is 12.3 Å². The van der Waals surface area contributed by atoms with Crippen LogP contribution in [-0.2, 0) is 9.53 Å². The molecule has 0 saturated heterocycles. The van der Waals surface area contributed by atoms with Crippen LogP contribution in [-0.4, -0.2) is 34.7 Å². The number of esters is 1. The summed E-state index contributed by atoms with van der Waals surface area (Å²) in [4.78, 5) is 42.6. The van der Waals surface area contributed by atoms with Gasteiger partial charge in [-0.2, -0.15) is 4.98 Å². The van der Waals surface area contributed by atoms with E-state index in [9.17, 15) is 19.5 Å². The molecule has 4 aromatic rings. The molecule has 0 amide bonds. The van der Waals surface area contributed by atoms with Gasteiger partial charge in [-0.15, -0.1) is 0 Å². The van der Waals surface area contributed by atoms with Crippen molar-refractivity contribution in [3.05, 3.63) is 80.6 Å². The van der Waals surface area contributed by atoms with Crippen LogP contribution < -0.4 is 15.7 Å². The van der Waals surface area contributed by atoms with Crippen LogP contribution in [0.15, 0.2) is 62.9 Å². The number of carbonyl (C=O) groups excluding carboxylic acids is 1. The Morgan fingerprint density at radius 3 is 2.77 bits per heavy atom. The van der Waals surface area contributed by atoms with Gasteiger partial charge in [0.15, 0.2) is 5.43 Å². The number of aromatic hydroxyl groups is 1. The summed E-state index contributed by atoms with van der Waals surface area (Å²) in [6.45, 7) is 0. The number of carbonyl (C=O) groups is 1. The minimum Gasteiger partial charge on any atom is -0.497 e. The Morgan fingerprint density at radius 1 is 1.23 bits per heavy atom. The summed E-state index contributed by atoms with van der Waals surface area (Å²) in [6.07, 6.45) is 2.29. The molecule has 0 aliphatic carbocycles. The van der Waals surface area contributed by atoms with Crippen molar-refractivity contribution in [3.8, 4) is 11.6 Å². The normalized spacial score (nSPS) is 12.1. The molecule has 1 N–H and O–H groups in total. The predicted octanol–water partition coefficient (Wildman–Crippen LogP) is 2.21. The molecule has 158 valence electrons. The predicted molar refractivity (Wildman–Crippen MR) is 111 cm³/mol. The number of methoxy groups -OCH3 is 2. The summed E-state index contributed by atoms with van der Waals surface area (Å²) in [5.74, 6) is -1.95. The number of benzene rings is 1. The standard InChI is InChI=1S/C22H18N2O7/c1-29-12-6-7-16-14(9-12)20(26)15(11-31-16)13(10-18(25)30-2)19-21(27)23-17-5-3-4-8-24(17)22(19)28/h3-9,11,13,27H,10H2,1-2H3. The Kier molecular flexibility index (Phi) is 5.16. The number of nitrogens with zero attached hydrogens (tertiary/aromatic N) is 2. The molecular formula is C22H18N2O7. The maximum absolute atomic E-state index is 13.3. The molecule has 9 heteroatoms. The first kappa shape index (κ1) is 20.1. The number of hydrogen-bond acceptors (Lipinski definition) is 8. The second kappa shape index (κ2) is 7.94. The number of ether oxygens (including phenoxy) is 2. The number of fused-ring (bicyclic) bond motifs is 2. The van der Waals surface area contributed by atoms with Gasteiger partial charge < -0.3 is 19.0 Å². The van der Waals surface area contributed by atoms with Gasteiger partial charge in [-0.25, -0.2) is 0 Å². The molecule has 3 aromatic heterocycles. The molecule has 9 nitrogen and oxygen atoms in total. The summed E-state index contributed by atoms with van der Waals surface area (Å²) in [5.41, 5.74) is -0.738. The van der Waals surface area contributed by atoms with E-state index >= 15 is 0 Å². The summed E-state index contributed by atoms with van der Waals surface area (Å²) in [5, 5.41) is 10.8. The van der Waals surface area contributed by atoms with Crippen molar-refractivity contribution < 1.29 is 23.8 Å². The van der Waals surface area contributed by atoms with Gasteiger partial charge in [0.2, 0.25) is 5.88 Å². The van der Waals surface area contributed by atoms with E-state index in [-0.39, 0.29) is 28.6 Å². The minimum absolute atomic E-state index is 0.0104. The van der Waals surface area contributed by atoms with Gasteiger partial charge in [0, 0.05) is 17.7 Å². The zero-order valence-electron chi connectivity index (χ0n) is 16.7. The molecule has 0 saturated carbocycles. The van der Waals surface area contributed by atoms with Crippen molar-refractivity contribution in [2.24, 2.45) is 0 Å². The van der Waals surface area contributed by atoms with E-state index in [1.54, 1.807) is 30.3 Å². The lowest BCUT2D eigenvalue weighted by Crippen LogP contribution is -2.27. The average Bonchev–Trinajstić information content (AvgIpc) is 2.78. The number of aromatic nitrogens is 2. The van der Waals surface area contributed by atoms with Gasteiger partial charge >= 0.3 is 5.97 Å². The topological polar surface area (TPSA) is 120 Å². The number of hydrogen-bond donors (Lipinski definition) is 1. The van der Waals surface area contributed by atoms with E-state index in [4.69, 9.17) is 13.9 Å². The molecule has 0 aliphatic rings. The summed E-state index contributed by atoms with van der Waals surface area (Å²) in [7, 11) is 2.66. The summed E-state index contributed by atoms with van der Waals surface area (Å²) >= 11 is 0. The third-order valence-corrected chi connectivity index (χ3v) is 5.08. The highest BCUT2D eigenvalue weighted by Crippen LogP contribution is 2.31. The first-order valence-electron chi connectivity index (χ1n) is 9.31. The van der Waals surface area contributed by atoms with Gasteiger partial charge in [0.25, 0.3) is 5.56 Å². The van der Waals surface area contributed by atoms with Crippen molar-refractivity contribution >= 4 is 22.6 Å². The van der Waals surface area contributed by atoms with E-state index in [1.165, 1.54) is 37.1 Å². The second-order valence-corrected chi connectivity index (χ2v) is 6.80. The fourth-order valence-corrected chi connectivity index (χ4v) is 3.51. The van der Waals surface area contributed by atoms with E-state index in [0.717, 1.165) is 0 Å². The van der Waals surface area contributed by atoms with E-state index < -0.39 is 28.8 Å². The molecule has 3 heterocycles. The molecule has 0 aliphatic heterocycles. The number of rotatable bonds is 5. The quantitative estimate of drug-likeness (QED) is 0.486. The molecule has 1 aromatic carbocycles. The van der Waals surface area contributed by atoms with Crippen LogP contribution in [0, 0.1) is 0 Å². The van der Waals surface area contributed by atoms with Crippen molar-refractivity contribution in [1.29, 1.82) is 0 Å². The monoisotopic (exact) mass is 422 g/mol. The highest BCUT2D eigenvalue weighted by Gasteiger charge is 2.30. The lowest BCUT2D eigenvalue weighted by molar-refractivity contribution is -0.140. The fourth-order valence-electron chi connectivity index (χ4n) is 3.51. The Morgan fingerprint density at radius 2 is 2.03 bits per heavy atom. The Hall–Kier alpha value is -4.14. The Bertz CT molecular complexity index is 1420. The van der Waals surface area contributed by atoms with Gasteiger partial charge in [0.05, 0.1) is 37.9 Å². The van der Waals surface area contributed by atoms with Crippen molar-refractivity contribution in [2.75, 3.05) is 14.2 Å². The molecule has 4 rings (SSSR count). The van der Waals surface area contributed by atoms with Gasteiger partial charge in [-0.1, -0.05) is 6.07 Å². The smallest absolute Gasteiger partial charge is 0.306 e. The van der Waals surface area contributed by atoms with Crippen LogP contribution >= 0.6 is 0 Å². The lowest BCUT2D eigenvalue weighted by Gasteiger charge is -2.17. The Labute approximate surface area is 175 Å². The van der Waals surface area contributed by atoms with Crippen LogP contribution in [0.2, 0.25) is 0 Å². The lowest BCUT2D eigenvalue weighted by atomic mass is 9.89. The summed E-state index contributed by atoms with van der Waals surface area (Å²) < 4.78 is 16.7. The molecule has 31 heavy (non-hydrogen) atoms. The van der Waals surface area contributed by atoms with Crippen LogP contribution in [0.25, 0.3) is 16.6 Å². The third kappa shape index (κ3) is 3.50. The first-order valence-corrected chi connectivity index (χ1v) is 9.31. The van der Waals surface area contributed by atoms with Crippen molar-refractivity contribution in [1.82, 2.24) is 9.38 Å². The molecule has 0 fully saturated rings. The molecule has 0 bridgehead atoms. The highest BCUT2D eigenvalue weighted by molar-refractivity contribution is 5.79. The van der Waals surface area contributed by atoms with Crippen molar-refractivity contribution in [3.63, 3.8) is 0 Å². The molecular weight excluding hydrogens is 404 g/mol. The second-order valence-electron chi connectivity index (χ2n) is 6.80. The minimum atomic E-state index is -1.14. The van der Waals surface area contributed by atoms with Gasteiger partial charge in [-0.3, -0.25) is 18.8 Å². The van der Waals surface area contributed by atoms with Gasteiger partial charge in [-0.05, 0) is 30.3 Å². The highest BCUT2D eigenvalue weighted by atomic mass is 16.5. The molecule has 1 atom stereocenters. The SMILES string of the molecule is COC(=O)CC(c1coc2ccc(OC)cc2c1=O)c1c(O)nc2ccccn2c1=O. The maximum atomic E-state index is 13.3. The Balaban J connectivity index is 2.00. The largest absolute Gasteiger partial charge is 0.497 e. The van der Waals surface area contributed by atoms with E-state index in [2.05, 4.69) is 4.98 Å². The molecule has 0 radical (unpaired) electrons. The van der Waals surface area contributed by atoms with Gasteiger partial charge in [0.1, 0.15) is 17.0 Å². The van der Waals surface area contributed by atoms with Crippen LogP contribution in [0.3, 0.4) is 0 Å². The maximum Gasteiger partial charge on any atom is 0.306 e. The van der Waals surface area contributed by atoms with E-state index in [1.807, 2.05) is 0 Å². The average molecular weight is 422 g/mol. The van der Waals surface area contributed by atoms with Crippen LogP contribution in [0.1, 0.15) is 23.5 Å². The third-order valence-electron chi connectivity index (χ3n) is 5.08. The molecule has 1 unspecified atom stereocenters. The van der Waals surface area contributed by atoms with E-state index in [0.29, 0.717) is 11.3 Å². The number of pyridine rings is 1. The zero-order valence-corrected chi connectivity index (χ0v) is 16.7. The first-order chi connectivity index (χ1) is 14.9. The molecule has 0 spiro atoms.